The summed E-state index contributed by atoms with van der Waals surface area (Å²) >= 11 is 0. The first-order valence-electron chi connectivity index (χ1n) is 7.33. The van der Waals surface area contributed by atoms with Crippen molar-refractivity contribution in [2.45, 2.75) is 5.72 Å². The van der Waals surface area contributed by atoms with Crippen LogP contribution in [-0.2, 0) is 10.5 Å². The van der Waals surface area contributed by atoms with Gasteiger partial charge < -0.3 is 14.1 Å². The molecule has 1 aromatic heterocycles. The number of para-hydroxylation sites is 1. The highest BCUT2D eigenvalue weighted by molar-refractivity contribution is 5.53. The lowest BCUT2D eigenvalue weighted by molar-refractivity contribution is 0.0153. The van der Waals surface area contributed by atoms with Crippen molar-refractivity contribution in [1.29, 1.82) is 0 Å². The van der Waals surface area contributed by atoms with E-state index in [2.05, 4.69) is 22.0 Å². The minimum absolute atomic E-state index is 0.556. The number of oxazole rings is 1. The highest BCUT2D eigenvalue weighted by atomic mass is 16.5. The second kappa shape index (κ2) is 5.31. The molecular formula is C18H16N2O2. The Labute approximate surface area is 129 Å². The zero-order valence-corrected chi connectivity index (χ0v) is 12.1. The molecule has 1 fully saturated rings. The summed E-state index contributed by atoms with van der Waals surface area (Å²) < 4.78 is 11.9. The number of hydrogen-bond donors (Lipinski definition) is 0. The molecule has 0 bridgehead atoms. The Hall–Kier alpha value is -2.59. The van der Waals surface area contributed by atoms with Crippen LogP contribution < -0.4 is 4.90 Å². The number of aromatic nitrogens is 1. The number of anilines is 1. The van der Waals surface area contributed by atoms with Gasteiger partial charge in [0, 0.05) is 17.8 Å². The quantitative estimate of drug-likeness (QED) is 0.741. The average molecular weight is 292 g/mol. The van der Waals surface area contributed by atoms with E-state index in [-0.39, 0.29) is 0 Å². The maximum absolute atomic E-state index is 6.21. The minimum atomic E-state index is -0.813. The zero-order valence-electron chi connectivity index (χ0n) is 12.1. The predicted molar refractivity (Wildman–Crippen MR) is 83.5 cm³/mol. The van der Waals surface area contributed by atoms with Crippen LogP contribution in [0.25, 0.3) is 0 Å². The third-order valence-electron chi connectivity index (χ3n) is 3.96. The van der Waals surface area contributed by atoms with Gasteiger partial charge in [0.2, 0.25) is 5.72 Å². The standard InChI is InChI=1S/C18H16N2O2/c1-3-7-15(8-4-1)18(17-19-11-13-21-17)20(12-14-22-18)16-9-5-2-6-10-16/h1-11,13H,12,14H2/t18-/m1/s1. The van der Waals surface area contributed by atoms with Gasteiger partial charge in [-0.25, -0.2) is 4.98 Å². The fourth-order valence-electron chi connectivity index (χ4n) is 3.03. The second-order valence-electron chi connectivity index (χ2n) is 5.18. The number of ether oxygens (including phenoxy) is 1. The molecule has 0 aliphatic carbocycles. The predicted octanol–water partition coefficient (Wildman–Crippen LogP) is 3.41. The van der Waals surface area contributed by atoms with Crippen molar-refractivity contribution in [2.24, 2.45) is 0 Å². The number of benzene rings is 2. The molecule has 0 saturated carbocycles. The van der Waals surface area contributed by atoms with Gasteiger partial charge in [0.05, 0.1) is 12.8 Å². The van der Waals surface area contributed by atoms with Gasteiger partial charge in [-0.3, -0.25) is 0 Å². The molecule has 0 amide bonds. The van der Waals surface area contributed by atoms with Gasteiger partial charge in [0.25, 0.3) is 5.89 Å². The van der Waals surface area contributed by atoms with Crippen molar-refractivity contribution >= 4 is 5.69 Å². The van der Waals surface area contributed by atoms with Crippen molar-refractivity contribution in [3.8, 4) is 0 Å². The lowest BCUT2D eigenvalue weighted by Gasteiger charge is -2.36. The number of nitrogens with zero attached hydrogens (tertiary/aromatic N) is 2. The highest BCUT2D eigenvalue weighted by Gasteiger charge is 2.49. The molecule has 1 aliphatic rings. The van der Waals surface area contributed by atoms with E-state index < -0.39 is 5.72 Å². The van der Waals surface area contributed by atoms with E-state index in [1.165, 1.54) is 0 Å². The smallest absolute Gasteiger partial charge is 0.253 e. The first-order chi connectivity index (χ1) is 10.9. The molecule has 0 unspecified atom stereocenters. The molecule has 3 aromatic rings. The van der Waals surface area contributed by atoms with Crippen molar-refractivity contribution in [1.82, 2.24) is 4.98 Å². The van der Waals surface area contributed by atoms with Gasteiger partial charge in [0.15, 0.2) is 0 Å². The van der Waals surface area contributed by atoms with Gasteiger partial charge in [-0.1, -0.05) is 48.5 Å². The van der Waals surface area contributed by atoms with E-state index >= 15 is 0 Å². The topological polar surface area (TPSA) is 38.5 Å². The molecule has 0 radical (unpaired) electrons. The molecule has 110 valence electrons. The van der Waals surface area contributed by atoms with Gasteiger partial charge in [-0.05, 0) is 12.1 Å². The summed E-state index contributed by atoms with van der Waals surface area (Å²) in [7, 11) is 0. The van der Waals surface area contributed by atoms with E-state index in [1.807, 2.05) is 48.5 Å². The Morgan fingerprint density at radius 3 is 2.36 bits per heavy atom. The van der Waals surface area contributed by atoms with Crippen LogP contribution in [0.3, 0.4) is 0 Å². The molecule has 4 rings (SSSR count). The SMILES string of the molecule is c1ccc(N2CCO[C@]2(c2ccccc2)c2ncco2)cc1. The maximum atomic E-state index is 6.21. The molecule has 4 heteroatoms. The van der Waals surface area contributed by atoms with Gasteiger partial charge in [0.1, 0.15) is 6.26 Å². The Bertz CT molecular complexity index is 728. The van der Waals surface area contributed by atoms with Crippen LogP contribution in [0.4, 0.5) is 5.69 Å². The molecule has 1 aliphatic heterocycles. The van der Waals surface area contributed by atoms with Gasteiger partial charge in [-0.2, -0.15) is 0 Å². The summed E-state index contributed by atoms with van der Waals surface area (Å²) in [6.45, 7) is 1.40. The summed E-state index contributed by atoms with van der Waals surface area (Å²) in [6.07, 6.45) is 3.25. The Morgan fingerprint density at radius 1 is 0.955 bits per heavy atom. The summed E-state index contributed by atoms with van der Waals surface area (Å²) in [4.78, 5) is 6.59. The minimum Gasteiger partial charge on any atom is -0.444 e. The van der Waals surface area contributed by atoms with Crippen molar-refractivity contribution in [3.05, 3.63) is 84.6 Å². The van der Waals surface area contributed by atoms with E-state index in [9.17, 15) is 0 Å². The van der Waals surface area contributed by atoms with Crippen LogP contribution in [0.1, 0.15) is 11.5 Å². The normalized spacial score (nSPS) is 21.2. The third kappa shape index (κ3) is 1.92. The van der Waals surface area contributed by atoms with Gasteiger partial charge in [-0.15, -0.1) is 0 Å². The van der Waals surface area contributed by atoms with Crippen molar-refractivity contribution < 1.29 is 9.15 Å². The van der Waals surface area contributed by atoms with E-state index in [0.29, 0.717) is 12.5 Å². The molecule has 4 nitrogen and oxygen atoms in total. The van der Waals surface area contributed by atoms with Crippen molar-refractivity contribution in [3.63, 3.8) is 0 Å². The first kappa shape index (κ1) is 13.1. The van der Waals surface area contributed by atoms with Crippen LogP contribution in [-0.4, -0.2) is 18.1 Å². The van der Waals surface area contributed by atoms with Crippen LogP contribution in [0.2, 0.25) is 0 Å². The summed E-state index contributed by atoms with van der Waals surface area (Å²) in [5, 5.41) is 0. The second-order valence-corrected chi connectivity index (χ2v) is 5.18. The molecule has 1 atom stereocenters. The highest BCUT2D eigenvalue weighted by Crippen LogP contribution is 2.42. The fraction of sp³-hybridized carbons (Fsp3) is 0.167. The monoisotopic (exact) mass is 292 g/mol. The Balaban J connectivity index is 1.91. The first-order valence-corrected chi connectivity index (χ1v) is 7.33. The molecule has 2 heterocycles. The van der Waals surface area contributed by atoms with E-state index in [4.69, 9.17) is 9.15 Å². The summed E-state index contributed by atoms with van der Waals surface area (Å²) in [6, 6.07) is 20.3. The number of rotatable bonds is 3. The Kier molecular flexibility index (Phi) is 3.16. The average Bonchev–Trinajstić information content (AvgIpc) is 3.26. The molecule has 2 aromatic carbocycles. The van der Waals surface area contributed by atoms with Crippen LogP contribution in [0.5, 0.6) is 0 Å². The number of hydrogen-bond acceptors (Lipinski definition) is 4. The van der Waals surface area contributed by atoms with Crippen LogP contribution in [0, 0.1) is 0 Å². The molecule has 22 heavy (non-hydrogen) atoms. The lowest BCUT2D eigenvalue weighted by atomic mass is 10.0. The lowest BCUT2D eigenvalue weighted by Crippen LogP contribution is -2.44. The molecule has 1 saturated heterocycles. The largest absolute Gasteiger partial charge is 0.444 e. The molecular weight excluding hydrogens is 276 g/mol. The molecule has 0 spiro atoms. The maximum Gasteiger partial charge on any atom is 0.253 e. The van der Waals surface area contributed by atoms with E-state index in [0.717, 1.165) is 17.8 Å². The zero-order chi connectivity index (χ0) is 14.8. The van der Waals surface area contributed by atoms with Crippen LogP contribution >= 0.6 is 0 Å². The third-order valence-corrected chi connectivity index (χ3v) is 3.96. The fourth-order valence-corrected chi connectivity index (χ4v) is 3.03. The van der Waals surface area contributed by atoms with Crippen LogP contribution in [0.15, 0.2) is 77.5 Å². The molecule has 0 N–H and O–H groups in total. The summed E-state index contributed by atoms with van der Waals surface area (Å²) in [5.74, 6) is 0.556. The summed E-state index contributed by atoms with van der Waals surface area (Å²) in [5.41, 5.74) is 1.28. The van der Waals surface area contributed by atoms with Gasteiger partial charge >= 0.3 is 0 Å². The Morgan fingerprint density at radius 2 is 1.68 bits per heavy atom. The van der Waals surface area contributed by atoms with E-state index in [1.54, 1.807) is 12.5 Å². The van der Waals surface area contributed by atoms with Crippen molar-refractivity contribution in [2.75, 3.05) is 18.1 Å².